The van der Waals surface area contributed by atoms with Crippen LogP contribution in [0, 0.1) is 0 Å². The number of ether oxygens (including phenoxy) is 1. The van der Waals surface area contributed by atoms with E-state index in [-0.39, 0.29) is 6.03 Å². The number of fused-ring (bicyclic) bond motifs is 1. The maximum Gasteiger partial charge on any atom is 0.319 e. The number of carbonyl (C=O) groups is 1. The van der Waals surface area contributed by atoms with E-state index in [9.17, 15) is 4.79 Å². The Balaban J connectivity index is 1.07. The van der Waals surface area contributed by atoms with Gasteiger partial charge in [-0.2, -0.15) is 5.10 Å². The van der Waals surface area contributed by atoms with Gasteiger partial charge in [-0.15, -0.1) is 0 Å². The van der Waals surface area contributed by atoms with E-state index < -0.39 is 0 Å². The van der Waals surface area contributed by atoms with Crippen LogP contribution in [0.2, 0.25) is 0 Å². The summed E-state index contributed by atoms with van der Waals surface area (Å²) >= 11 is 0. The van der Waals surface area contributed by atoms with Gasteiger partial charge in [-0.25, -0.2) is 4.79 Å². The Labute approximate surface area is 205 Å². The van der Waals surface area contributed by atoms with E-state index in [4.69, 9.17) is 4.74 Å². The molecule has 2 amide bonds. The molecule has 1 fully saturated rings. The molecule has 0 aliphatic carbocycles. The van der Waals surface area contributed by atoms with E-state index in [0.717, 1.165) is 53.2 Å². The van der Waals surface area contributed by atoms with Gasteiger partial charge in [0.25, 0.3) is 0 Å². The van der Waals surface area contributed by atoms with E-state index >= 15 is 0 Å². The Morgan fingerprint density at radius 3 is 2.49 bits per heavy atom. The van der Waals surface area contributed by atoms with Crippen molar-refractivity contribution in [3.8, 4) is 11.5 Å². The highest BCUT2D eigenvalue weighted by Gasteiger charge is 2.12. The van der Waals surface area contributed by atoms with Gasteiger partial charge >= 0.3 is 6.03 Å². The topological polar surface area (TPSA) is 71.4 Å². The van der Waals surface area contributed by atoms with Crippen LogP contribution >= 0.6 is 0 Å². The van der Waals surface area contributed by atoms with Crippen LogP contribution in [0.25, 0.3) is 10.9 Å². The van der Waals surface area contributed by atoms with E-state index in [0.29, 0.717) is 6.54 Å². The molecule has 1 aliphatic heterocycles. The van der Waals surface area contributed by atoms with Crippen molar-refractivity contribution in [2.45, 2.75) is 25.8 Å². The number of hydrogen-bond acceptors (Lipinski definition) is 4. The predicted molar refractivity (Wildman–Crippen MR) is 139 cm³/mol. The molecular formula is C28H31N5O2. The fourth-order valence-electron chi connectivity index (χ4n) is 4.43. The second-order valence-corrected chi connectivity index (χ2v) is 8.88. The number of rotatable bonds is 9. The molecule has 3 aromatic carbocycles. The third kappa shape index (κ3) is 6.19. The zero-order valence-electron chi connectivity index (χ0n) is 19.8. The third-order valence-electron chi connectivity index (χ3n) is 6.33. The number of para-hydroxylation sites is 1. The minimum atomic E-state index is -0.213. The highest BCUT2D eigenvalue weighted by Crippen LogP contribution is 2.22. The lowest BCUT2D eigenvalue weighted by atomic mass is 10.1. The molecule has 4 aromatic rings. The average Bonchev–Trinajstić information content (AvgIpc) is 3.54. The number of nitrogens with one attached hydrogen (secondary N) is 2. The summed E-state index contributed by atoms with van der Waals surface area (Å²) < 4.78 is 7.87. The molecule has 2 N–H and O–H groups in total. The van der Waals surface area contributed by atoms with Crippen molar-refractivity contribution in [2.75, 3.05) is 31.5 Å². The summed E-state index contributed by atoms with van der Waals surface area (Å²) in [5.74, 6) is 1.60. The summed E-state index contributed by atoms with van der Waals surface area (Å²) in [6.45, 7) is 4.84. The number of anilines is 1. The molecule has 2 heterocycles. The molecule has 180 valence electrons. The number of urea groups is 1. The van der Waals surface area contributed by atoms with Gasteiger partial charge in [0.05, 0.1) is 18.3 Å². The first kappa shape index (κ1) is 22.9. The predicted octanol–water partition coefficient (Wildman–Crippen LogP) is 5.29. The first-order chi connectivity index (χ1) is 17.2. The molecule has 0 bridgehead atoms. The fraction of sp³-hybridized carbons (Fsp3) is 0.286. The number of benzene rings is 3. The smallest absolute Gasteiger partial charge is 0.319 e. The Morgan fingerprint density at radius 2 is 1.69 bits per heavy atom. The van der Waals surface area contributed by atoms with Crippen molar-refractivity contribution in [3.05, 3.63) is 84.6 Å². The van der Waals surface area contributed by atoms with Crippen LogP contribution < -0.4 is 15.4 Å². The quantitative estimate of drug-likeness (QED) is 0.349. The standard InChI is InChI=1S/C28H31N5O2/c34-28(29-15-14-22-8-11-26(12-9-22)35-25-6-2-1-3-7-25)31-24-10-13-27-23(20-24)21-30-33(27)19-18-32-16-4-5-17-32/h1-3,6-13,20-21H,4-5,14-19H2,(H2,29,31,34). The molecule has 0 spiro atoms. The molecule has 0 atom stereocenters. The molecule has 5 rings (SSSR count). The van der Waals surface area contributed by atoms with E-state index in [2.05, 4.69) is 20.6 Å². The van der Waals surface area contributed by atoms with Crippen molar-refractivity contribution < 1.29 is 9.53 Å². The summed E-state index contributed by atoms with van der Waals surface area (Å²) in [5, 5.41) is 11.4. The highest BCUT2D eigenvalue weighted by atomic mass is 16.5. The van der Waals surface area contributed by atoms with Crippen molar-refractivity contribution >= 4 is 22.6 Å². The lowest BCUT2D eigenvalue weighted by Crippen LogP contribution is -2.30. The monoisotopic (exact) mass is 469 g/mol. The number of hydrogen-bond donors (Lipinski definition) is 2. The number of amides is 2. The van der Waals surface area contributed by atoms with Gasteiger partial charge in [-0.05, 0) is 80.4 Å². The maximum absolute atomic E-state index is 12.4. The molecule has 7 heteroatoms. The largest absolute Gasteiger partial charge is 0.457 e. The van der Waals surface area contributed by atoms with Crippen molar-refractivity contribution in [2.24, 2.45) is 0 Å². The Hall–Kier alpha value is -3.84. The summed E-state index contributed by atoms with van der Waals surface area (Å²) in [5.41, 5.74) is 2.99. The lowest BCUT2D eigenvalue weighted by molar-refractivity contribution is 0.252. The molecule has 0 radical (unpaired) electrons. The Bertz CT molecular complexity index is 1250. The van der Waals surface area contributed by atoms with Crippen LogP contribution in [-0.2, 0) is 13.0 Å². The van der Waals surface area contributed by atoms with Gasteiger partial charge in [0.15, 0.2) is 0 Å². The van der Waals surface area contributed by atoms with Crippen LogP contribution in [0.5, 0.6) is 11.5 Å². The van der Waals surface area contributed by atoms with Gasteiger partial charge in [0.1, 0.15) is 11.5 Å². The van der Waals surface area contributed by atoms with E-state index in [1.165, 1.54) is 25.9 Å². The summed E-state index contributed by atoms with van der Waals surface area (Å²) in [7, 11) is 0. The second-order valence-electron chi connectivity index (χ2n) is 8.88. The molecule has 1 aromatic heterocycles. The number of aromatic nitrogens is 2. The fourth-order valence-corrected chi connectivity index (χ4v) is 4.43. The molecule has 1 saturated heterocycles. The van der Waals surface area contributed by atoms with Crippen molar-refractivity contribution in [3.63, 3.8) is 0 Å². The van der Waals surface area contributed by atoms with Crippen LogP contribution in [-0.4, -0.2) is 46.9 Å². The minimum absolute atomic E-state index is 0.213. The molecule has 7 nitrogen and oxygen atoms in total. The second kappa shape index (κ2) is 11.1. The number of carbonyl (C=O) groups excluding carboxylic acids is 1. The van der Waals surface area contributed by atoms with Gasteiger partial charge in [0, 0.05) is 24.2 Å². The lowest BCUT2D eigenvalue weighted by Gasteiger charge is -2.14. The van der Waals surface area contributed by atoms with Gasteiger partial charge < -0.3 is 20.3 Å². The van der Waals surface area contributed by atoms with Crippen LogP contribution in [0.1, 0.15) is 18.4 Å². The van der Waals surface area contributed by atoms with Crippen molar-refractivity contribution in [1.29, 1.82) is 0 Å². The SMILES string of the molecule is O=C(NCCc1ccc(Oc2ccccc2)cc1)Nc1ccc2c(cnn2CCN2CCCC2)c1. The summed E-state index contributed by atoms with van der Waals surface area (Å²) in [6.07, 6.45) is 5.20. The van der Waals surface area contributed by atoms with E-state index in [1.807, 2.05) is 83.7 Å². The Morgan fingerprint density at radius 1 is 0.914 bits per heavy atom. The van der Waals surface area contributed by atoms with Gasteiger partial charge in [-0.3, -0.25) is 4.68 Å². The number of nitrogens with zero attached hydrogens (tertiary/aromatic N) is 3. The van der Waals surface area contributed by atoms with Gasteiger partial charge in [-0.1, -0.05) is 30.3 Å². The maximum atomic E-state index is 12.4. The summed E-state index contributed by atoms with van der Waals surface area (Å²) in [4.78, 5) is 14.9. The van der Waals surface area contributed by atoms with Crippen molar-refractivity contribution in [1.82, 2.24) is 20.0 Å². The highest BCUT2D eigenvalue weighted by molar-refractivity contribution is 5.92. The van der Waals surface area contributed by atoms with Crippen LogP contribution in [0.15, 0.2) is 79.0 Å². The third-order valence-corrected chi connectivity index (χ3v) is 6.33. The molecule has 0 unspecified atom stereocenters. The van der Waals surface area contributed by atoms with E-state index in [1.54, 1.807) is 0 Å². The van der Waals surface area contributed by atoms with Crippen LogP contribution in [0.4, 0.5) is 10.5 Å². The first-order valence-corrected chi connectivity index (χ1v) is 12.3. The van der Waals surface area contributed by atoms with Gasteiger partial charge in [0.2, 0.25) is 0 Å². The molecule has 0 saturated carbocycles. The minimum Gasteiger partial charge on any atom is -0.457 e. The first-order valence-electron chi connectivity index (χ1n) is 12.3. The normalized spacial score (nSPS) is 13.7. The summed E-state index contributed by atoms with van der Waals surface area (Å²) in [6, 6.07) is 23.4. The average molecular weight is 470 g/mol. The van der Waals surface area contributed by atoms with Crippen LogP contribution in [0.3, 0.4) is 0 Å². The molecule has 35 heavy (non-hydrogen) atoms. The Kier molecular flexibility index (Phi) is 7.24. The number of likely N-dealkylation sites (tertiary alicyclic amines) is 1. The zero-order chi connectivity index (χ0) is 23.9. The molecular weight excluding hydrogens is 438 g/mol. The zero-order valence-corrected chi connectivity index (χ0v) is 19.8. The molecule has 1 aliphatic rings.